The number of β-lactam (4-membered cyclic amide) rings is 1. The minimum atomic E-state index is -0.811. The Labute approximate surface area is 245 Å². The highest BCUT2D eigenvalue weighted by atomic mass is 32.2. The number of hydrogen-bond donors (Lipinski definition) is 2. The summed E-state index contributed by atoms with van der Waals surface area (Å²) in [5.41, 5.74) is 3.12. The number of aliphatic hydroxyl groups excluding tert-OH is 1. The van der Waals surface area contributed by atoms with Gasteiger partial charge in [0.15, 0.2) is 0 Å². The van der Waals surface area contributed by atoms with Gasteiger partial charge in [0.25, 0.3) is 0 Å². The fourth-order valence-corrected chi connectivity index (χ4v) is 5.97. The Morgan fingerprint density at radius 3 is 2.24 bits per heavy atom. The second-order valence-electron chi connectivity index (χ2n) is 11.2. The van der Waals surface area contributed by atoms with Crippen LogP contribution in [0.25, 0.3) is 0 Å². The van der Waals surface area contributed by atoms with Gasteiger partial charge in [0, 0.05) is 23.6 Å². The molecular weight excluding hydrogens is 544 g/mol. The first-order valence-electron chi connectivity index (χ1n) is 13.7. The van der Waals surface area contributed by atoms with E-state index < -0.39 is 24.1 Å². The molecule has 1 saturated heterocycles. The predicted molar refractivity (Wildman–Crippen MR) is 156 cm³/mol. The van der Waals surface area contributed by atoms with Crippen LogP contribution in [0.15, 0.2) is 59.1 Å². The number of methoxy groups -OCH3 is 1. The maximum Gasteiger partial charge on any atom is 0.407 e. The molecule has 0 bridgehead atoms. The summed E-state index contributed by atoms with van der Waals surface area (Å²) in [6.45, 7) is 8.51. The topological polar surface area (TPSA) is 114 Å². The quantitative estimate of drug-likeness (QED) is 0.226. The number of fused-ring (bicyclic) bond motifs is 1. The lowest BCUT2D eigenvalue weighted by Gasteiger charge is -2.44. The first kappa shape index (κ1) is 30.5. The van der Waals surface area contributed by atoms with Crippen molar-refractivity contribution in [3.8, 4) is 5.75 Å². The van der Waals surface area contributed by atoms with Gasteiger partial charge < -0.3 is 29.5 Å². The molecule has 2 heterocycles. The summed E-state index contributed by atoms with van der Waals surface area (Å²) in [5.74, 6) is -0.208. The molecule has 3 atom stereocenters. The van der Waals surface area contributed by atoms with E-state index in [0.29, 0.717) is 23.6 Å². The number of nitrogens with zero attached hydrogens (tertiary/aromatic N) is 1. The highest BCUT2D eigenvalue weighted by molar-refractivity contribution is 8.03. The van der Waals surface area contributed by atoms with E-state index in [0.717, 1.165) is 16.9 Å². The van der Waals surface area contributed by atoms with Crippen LogP contribution in [0.5, 0.6) is 5.75 Å². The number of benzene rings is 2. The van der Waals surface area contributed by atoms with Gasteiger partial charge in [-0.3, -0.25) is 4.79 Å². The molecule has 2 aliphatic rings. The molecule has 2 aromatic carbocycles. The van der Waals surface area contributed by atoms with E-state index in [4.69, 9.17) is 14.2 Å². The Hall–Kier alpha value is -3.50. The average Bonchev–Trinajstić information content (AvgIpc) is 3.26. The van der Waals surface area contributed by atoms with Crippen molar-refractivity contribution in [3.63, 3.8) is 0 Å². The molecule has 1 fully saturated rings. The van der Waals surface area contributed by atoms with Crippen molar-refractivity contribution >= 4 is 29.7 Å². The van der Waals surface area contributed by atoms with Crippen LogP contribution in [0, 0.1) is 5.92 Å². The van der Waals surface area contributed by atoms with Gasteiger partial charge in [0.05, 0.1) is 25.2 Å². The maximum absolute atomic E-state index is 13.2. The van der Waals surface area contributed by atoms with Gasteiger partial charge in [-0.05, 0) is 41.2 Å². The number of rotatable bonds is 11. The fraction of sp³-hybridized carbons (Fsp3) is 0.452. The second-order valence-corrected chi connectivity index (χ2v) is 12.4. The molecule has 2 N–H and O–H groups in total. The summed E-state index contributed by atoms with van der Waals surface area (Å²) in [6, 6.07) is 14.9. The third-order valence-electron chi connectivity index (χ3n) is 7.25. The third kappa shape index (κ3) is 7.23. The van der Waals surface area contributed by atoms with Gasteiger partial charge in [-0.2, -0.15) is 0 Å². The van der Waals surface area contributed by atoms with Gasteiger partial charge in [-0.25, -0.2) is 9.59 Å². The predicted octanol–water partition coefficient (Wildman–Crippen LogP) is 4.52. The lowest BCUT2D eigenvalue weighted by atomic mass is 9.83. The van der Waals surface area contributed by atoms with E-state index in [1.165, 1.54) is 22.2 Å². The lowest BCUT2D eigenvalue weighted by Crippen LogP contribution is -2.61. The van der Waals surface area contributed by atoms with Crippen molar-refractivity contribution in [1.29, 1.82) is 0 Å². The van der Waals surface area contributed by atoms with Crippen molar-refractivity contribution in [3.05, 3.63) is 75.8 Å². The number of hydrogen-bond acceptors (Lipinski definition) is 8. The number of aliphatic hydroxyl groups is 1. The number of nitrogens with one attached hydrogen (secondary N) is 1. The number of amides is 2. The molecule has 0 radical (unpaired) electrons. The number of ether oxygens (including phenoxy) is 3. The SMILES string of the molecule is COc1ccc(COC(=O)NCCSC2=C(C(=O)OCc3ccc(C(C)(C)C)cc3)N3C(=O)[C@H]([C@@H](C)O)[C@H]3C2)cc1. The van der Waals surface area contributed by atoms with Crippen molar-refractivity contribution in [2.45, 2.75) is 64.9 Å². The minimum Gasteiger partial charge on any atom is -0.497 e. The zero-order valence-corrected chi connectivity index (χ0v) is 25.0. The van der Waals surface area contributed by atoms with Crippen molar-refractivity contribution in [2.75, 3.05) is 19.4 Å². The zero-order chi connectivity index (χ0) is 29.7. The fourth-order valence-electron chi connectivity index (χ4n) is 4.92. The Bertz CT molecular complexity index is 1280. The Morgan fingerprint density at radius 1 is 1.05 bits per heavy atom. The number of thioether (sulfide) groups is 1. The summed E-state index contributed by atoms with van der Waals surface area (Å²) in [7, 11) is 1.59. The molecule has 0 saturated carbocycles. The number of carbonyl (C=O) groups excluding carboxylic acids is 3. The van der Waals surface area contributed by atoms with E-state index in [1.54, 1.807) is 26.2 Å². The van der Waals surface area contributed by atoms with E-state index in [-0.39, 0.29) is 36.3 Å². The van der Waals surface area contributed by atoms with Crippen LogP contribution < -0.4 is 10.1 Å². The van der Waals surface area contributed by atoms with Crippen LogP contribution in [0.3, 0.4) is 0 Å². The van der Waals surface area contributed by atoms with Crippen LogP contribution in [-0.2, 0) is 37.7 Å². The largest absolute Gasteiger partial charge is 0.497 e. The minimum absolute atomic E-state index is 0.0192. The molecule has 220 valence electrons. The monoisotopic (exact) mass is 582 g/mol. The molecule has 2 aromatic rings. The Kier molecular flexibility index (Phi) is 9.65. The molecule has 2 aliphatic heterocycles. The highest BCUT2D eigenvalue weighted by Crippen LogP contribution is 2.47. The smallest absolute Gasteiger partial charge is 0.407 e. The Morgan fingerprint density at radius 2 is 1.66 bits per heavy atom. The average molecular weight is 583 g/mol. The maximum atomic E-state index is 13.2. The molecule has 9 nitrogen and oxygen atoms in total. The first-order chi connectivity index (χ1) is 19.5. The van der Waals surface area contributed by atoms with E-state index >= 15 is 0 Å². The van der Waals surface area contributed by atoms with Gasteiger partial charge in [0.2, 0.25) is 5.91 Å². The van der Waals surface area contributed by atoms with Crippen molar-refractivity contribution in [1.82, 2.24) is 10.2 Å². The summed E-state index contributed by atoms with van der Waals surface area (Å²) in [4.78, 5) is 40.4. The number of esters is 1. The summed E-state index contributed by atoms with van der Waals surface area (Å²) in [6.07, 6.45) is -0.903. The molecule has 0 aliphatic carbocycles. The van der Waals surface area contributed by atoms with Gasteiger partial charge >= 0.3 is 12.1 Å². The van der Waals surface area contributed by atoms with Crippen molar-refractivity contribution in [2.24, 2.45) is 5.92 Å². The van der Waals surface area contributed by atoms with Crippen LogP contribution in [-0.4, -0.2) is 59.5 Å². The Balaban J connectivity index is 1.32. The van der Waals surface area contributed by atoms with Gasteiger partial charge in [-0.1, -0.05) is 57.2 Å². The molecule has 0 spiro atoms. The van der Waals surface area contributed by atoms with Crippen LogP contribution in [0.1, 0.15) is 50.8 Å². The third-order valence-corrected chi connectivity index (χ3v) is 8.36. The second kappa shape index (κ2) is 13.0. The summed E-state index contributed by atoms with van der Waals surface area (Å²) < 4.78 is 16.0. The van der Waals surface area contributed by atoms with Crippen LogP contribution >= 0.6 is 11.8 Å². The van der Waals surface area contributed by atoms with Gasteiger partial charge in [-0.15, -0.1) is 11.8 Å². The zero-order valence-electron chi connectivity index (χ0n) is 24.1. The molecule has 2 amide bonds. The van der Waals surface area contributed by atoms with E-state index in [9.17, 15) is 19.5 Å². The number of carbonyl (C=O) groups is 3. The standard InChI is InChI=1S/C31H38N2O7S/c1-19(34)26-24-16-25(41-15-14-32-30(37)40-18-21-8-12-23(38-5)13-9-21)27(33(24)28(26)35)29(36)39-17-20-6-10-22(11-7-20)31(2,3)4/h6-13,19,24,26,34H,14-18H2,1-5H3,(H,32,37)/t19-,24-,26-/m1/s1. The summed E-state index contributed by atoms with van der Waals surface area (Å²) in [5, 5.41) is 12.8. The van der Waals surface area contributed by atoms with Gasteiger partial charge in [0.1, 0.15) is 24.7 Å². The molecular formula is C31H38N2O7S. The van der Waals surface area contributed by atoms with Crippen LogP contribution in [0.2, 0.25) is 0 Å². The van der Waals surface area contributed by atoms with E-state index in [2.05, 4.69) is 26.1 Å². The first-order valence-corrected chi connectivity index (χ1v) is 14.7. The number of alkyl carbamates (subject to hydrolysis) is 1. The lowest BCUT2D eigenvalue weighted by molar-refractivity contribution is -0.162. The van der Waals surface area contributed by atoms with Crippen LogP contribution in [0.4, 0.5) is 4.79 Å². The normalized spacial score (nSPS) is 18.9. The molecule has 0 unspecified atom stereocenters. The van der Waals surface area contributed by atoms with E-state index in [1.807, 2.05) is 36.4 Å². The van der Waals surface area contributed by atoms with Crippen molar-refractivity contribution < 1.29 is 33.7 Å². The highest BCUT2D eigenvalue weighted by Gasteiger charge is 2.57. The molecule has 4 rings (SSSR count). The molecule has 41 heavy (non-hydrogen) atoms. The molecule has 10 heteroatoms. The molecule has 0 aromatic heterocycles. The summed E-state index contributed by atoms with van der Waals surface area (Å²) >= 11 is 1.39.